The van der Waals surface area contributed by atoms with Crippen molar-refractivity contribution < 1.29 is 31.5 Å². The third-order valence-corrected chi connectivity index (χ3v) is 6.61. The Morgan fingerprint density at radius 2 is 2.00 bits per heavy atom. The molecule has 1 aromatic heterocycles. The topological polar surface area (TPSA) is 101 Å². The van der Waals surface area contributed by atoms with Crippen LogP contribution in [0.2, 0.25) is 0 Å². The number of amides is 1. The van der Waals surface area contributed by atoms with Gasteiger partial charge in [0.1, 0.15) is 16.3 Å². The fourth-order valence-corrected chi connectivity index (χ4v) is 4.60. The molecule has 1 fully saturated rings. The molecule has 0 spiro atoms. The first-order valence-corrected chi connectivity index (χ1v) is 10.9. The van der Waals surface area contributed by atoms with E-state index >= 15 is 0 Å². The van der Waals surface area contributed by atoms with E-state index in [-0.39, 0.29) is 29.4 Å². The van der Waals surface area contributed by atoms with Crippen LogP contribution in [0.1, 0.15) is 35.4 Å². The zero-order valence-electron chi connectivity index (χ0n) is 16.3. The number of alkyl halides is 2. The van der Waals surface area contributed by atoms with Crippen molar-refractivity contribution in [3.8, 4) is 5.75 Å². The van der Waals surface area contributed by atoms with Gasteiger partial charge in [-0.15, -0.1) is 0 Å². The van der Waals surface area contributed by atoms with Gasteiger partial charge in [-0.3, -0.25) is 4.79 Å². The number of aromatic amines is 1. The number of hydrogen-bond acceptors (Lipinski definition) is 5. The van der Waals surface area contributed by atoms with Crippen LogP contribution < -0.4 is 10.1 Å². The Kier molecular flexibility index (Phi) is 7.06. The van der Waals surface area contributed by atoms with Gasteiger partial charge in [-0.1, -0.05) is 25.1 Å². The van der Waals surface area contributed by atoms with Gasteiger partial charge in [0.15, 0.2) is 0 Å². The van der Waals surface area contributed by atoms with Gasteiger partial charge in [-0.2, -0.15) is 13.1 Å². The summed E-state index contributed by atoms with van der Waals surface area (Å²) in [6.07, 6.45) is 1.67. The molecule has 2 heterocycles. The average molecular weight is 443 g/mol. The minimum Gasteiger partial charge on any atom is -0.434 e. The van der Waals surface area contributed by atoms with Crippen LogP contribution in [0.15, 0.2) is 41.4 Å². The number of nitrogens with zero attached hydrogens (tertiary/aromatic N) is 1. The van der Waals surface area contributed by atoms with Gasteiger partial charge in [0, 0.05) is 24.8 Å². The highest BCUT2D eigenvalue weighted by molar-refractivity contribution is 7.89. The fraction of sp³-hybridized carbons (Fsp3) is 0.421. The maximum absolute atomic E-state index is 12.7. The molecule has 1 amide bonds. The van der Waals surface area contributed by atoms with Gasteiger partial charge in [0.05, 0.1) is 19.3 Å². The molecule has 1 aliphatic rings. The summed E-state index contributed by atoms with van der Waals surface area (Å²) in [6.45, 7) is -0.0879. The smallest absolute Gasteiger partial charge is 0.387 e. The third-order valence-electron chi connectivity index (χ3n) is 4.73. The molecule has 8 nitrogen and oxygen atoms in total. The minimum absolute atomic E-state index is 0.0240. The van der Waals surface area contributed by atoms with E-state index in [1.54, 1.807) is 25.1 Å². The number of para-hydroxylation sites is 1. The number of hydrogen-bond donors (Lipinski definition) is 2. The van der Waals surface area contributed by atoms with E-state index in [4.69, 9.17) is 4.74 Å². The third kappa shape index (κ3) is 4.97. The normalized spacial score (nSPS) is 16.4. The summed E-state index contributed by atoms with van der Waals surface area (Å²) >= 11 is 0. The molecule has 1 aliphatic heterocycles. The second kappa shape index (κ2) is 9.54. The summed E-state index contributed by atoms with van der Waals surface area (Å²) < 4.78 is 61.8. The predicted molar refractivity (Wildman–Crippen MR) is 104 cm³/mol. The Morgan fingerprint density at radius 3 is 2.67 bits per heavy atom. The first-order valence-electron chi connectivity index (χ1n) is 9.43. The minimum atomic E-state index is -3.74. The van der Waals surface area contributed by atoms with Gasteiger partial charge < -0.3 is 19.8 Å². The van der Waals surface area contributed by atoms with E-state index in [0.717, 1.165) is 0 Å². The Balaban J connectivity index is 1.76. The zero-order valence-corrected chi connectivity index (χ0v) is 17.1. The van der Waals surface area contributed by atoms with Gasteiger partial charge in [0.2, 0.25) is 10.0 Å². The summed E-state index contributed by atoms with van der Waals surface area (Å²) in [5.74, 6) is -0.584. The molecule has 3 rings (SSSR count). The SMILES string of the molecule is CCC(NC(=O)c1cc(S(=O)(=O)N2CCOCC2)c[nH]1)c1ccccc1OC(F)F. The van der Waals surface area contributed by atoms with Crippen molar-refractivity contribution in [3.63, 3.8) is 0 Å². The first-order chi connectivity index (χ1) is 14.3. The van der Waals surface area contributed by atoms with Crippen LogP contribution in [-0.2, 0) is 14.8 Å². The van der Waals surface area contributed by atoms with Crippen LogP contribution >= 0.6 is 0 Å². The Labute approximate surface area is 173 Å². The van der Waals surface area contributed by atoms with Crippen molar-refractivity contribution in [1.29, 1.82) is 0 Å². The number of benzene rings is 1. The molecule has 164 valence electrons. The Hall–Kier alpha value is -2.50. The molecule has 1 atom stereocenters. The molecule has 2 aromatic rings. The lowest BCUT2D eigenvalue weighted by Crippen LogP contribution is -2.40. The zero-order chi connectivity index (χ0) is 21.7. The summed E-state index contributed by atoms with van der Waals surface area (Å²) in [5.41, 5.74) is 0.453. The molecular weight excluding hydrogens is 420 g/mol. The molecule has 1 aromatic carbocycles. The Bertz CT molecular complexity index is 974. The number of nitrogens with one attached hydrogen (secondary N) is 2. The van der Waals surface area contributed by atoms with E-state index in [9.17, 15) is 22.0 Å². The number of aromatic nitrogens is 1. The number of halogens is 2. The standard InChI is InChI=1S/C19H23F2N3O5S/c1-2-15(14-5-3-4-6-17(14)29-19(20)21)23-18(25)16-11-13(12-22-16)30(26,27)24-7-9-28-10-8-24/h3-6,11-12,15,19,22H,2,7-10H2,1H3,(H,23,25). The van der Waals surface area contributed by atoms with Crippen molar-refractivity contribution in [3.05, 3.63) is 47.8 Å². The van der Waals surface area contributed by atoms with Gasteiger partial charge in [0.25, 0.3) is 5.91 Å². The number of morpholine rings is 1. The summed E-state index contributed by atoms with van der Waals surface area (Å²) in [4.78, 5) is 15.3. The summed E-state index contributed by atoms with van der Waals surface area (Å²) in [5, 5.41) is 2.73. The van der Waals surface area contributed by atoms with Crippen molar-refractivity contribution in [2.45, 2.75) is 30.9 Å². The highest BCUT2D eigenvalue weighted by atomic mass is 32.2. The number of ether oxygens (including phenoxy) is 2. The van der Waals surface area contributed by atoms with E-state index < -0.39 is 28.6 Å². The van der Waals surface area contributed by atoms with Crippen LogP contribution in [-0.4, -0.2) is 56.5 Å². The van der Waals surface area contributed by atoms with E-state index in [1.165, 1.54) is 22.6 Å². The van der Waals surface area contributed by atoms with Gasteiger partial charge >= 0.3 is 6.61 Å². The molecule has 0 aliphatic carbocycles. The lowest BCUT2D eigenvalue weighted by Gasteiger charge is -2.25. The molecule has 0 radical (unpaired) electrons. The first kappa shape index (κ1) is 22.2. The largest absolute Gasteiger partial charge is 0.434 e. The quantitative estimate of drug-likeness (QED) is 0.653. The summed E-state index contributed by atoms with van der Waals surface area (Å²) in [6, 6.07) is 6.87. The highest BCUT2D eigenvalue weighted by Gasteiger charge is 2.28. The molecule has 0 saturated carbocycles. The van der Waals surface area contributed by atoms with E-state index in [0.29, 0.717) is 25.2 Å². The monoisotopic (exact) mass is 443 g/mol. The number of H-pyrrole nitrogens is 1. The number of carbonyl (C=O) groups excluding carboxylic acids is 1. The highest BCUT2D eigenvalue weighted by Crippen LogP contribution is 2.29. The van der Waals surface area contributed by atoms with E-state index in [2.05, 4.69) is 15.0 Å². The van der Waals surface area contributed by atoms with E-state index in [1.807, 2.05) is 0 Å². The molecule has 30 heavy (non-hydrogen) atoms. The molecular formula is C19H23F2N3O5S. The second-order valence-corrected chi connectivity index (χ2v) is 8.55. The number of sulfonamides is 1. The molecule has 11 heteroatoms. The van der Waals surface area contributed by atoms with Crippen LogP contribution in [0, 0.1) is 0 Å². The van der Waals surface area contributed by atoms with Crippen molar-refractivity contribution in [1.82, 2.24) is 14.6 Å². The van der Waals surface area contributed by atoms with Crippen molar-refractivity contribution >= 4 is 15.9 Å². The summed E-state index contributed by atoms with van der Waals surface area (Å²) in [7, 11) is -3.74. The number of carbonyl (C=O) groups is 1. The maximum atomic E-state index is 12.7. The van der Waals surface area contributed by atoms with Gasteiger partial charge in [-0.25, -0.2) is 8.42 Å². The molecule has 0 bridgehead atoms. The molecule has 2 N–H and O–H groups in total. The lowest BCUT2D eigenvalue weighted by atomic mass is 10.0. The van der Waals surface area contributed by atoms with Gasteiger partial charge in [-0.05, 0) is 18.6 Å². The average Bonchev–Trinajstić information content (AvgIpc) is 3.24. The van der Waals surface area contributed by atoms with Crippen LogP contribution in [0.4, 0.5) is 8.78 Å². The predicted octanol–water partition coefficient (Wildman–Crippen LogP) is 2.52. The van der Waals surface area contributed by atoms with Crippen molar-refractivity contribution in [2.24, 2.45) is 0 Å². The molecule has 1 saturated heterocycles. The molecule has 1 unspecified atom stereocenters. The second-order valence-electron chi connectivity index (χ2n) is 6.62. The fourth-order valence-electron chi connectivity index (χ4n) is 3.20. The van der Waals surface area contributed by atoms with Crippen LogP contribution in [0.5, 0.6) is 5.75 Å². The van der Waals surface area contributed by atoms with Crippen molar-refractivity contribution in [2.75, 3.05) is 26.3 Å². The Morgan fingerprint density at radius 1 is 1.30 bits per heavy atom. The van der Waals surface area contributed by atoms with Crippen LogP contribution in [0.3, 0.4) is 0 Å². The maximum Gasteiger partial charge on any atom is 0.387 e. The lowest BCUT2D eigenvalue weighted by molar-refractivity contribution is -0.0507. The van der Waals surface area contributed by atoms with Crippen LogP contribution in [0.25, 0.3) is 0 Å². The number of rotatable bonds is 8.